The molecule has 3 rings (SSSR count). The van der Waals surface area contributed by atoms with E-state index >= 15 is 0 Å². The van der Waals surface area contributed by atoms with Crippen molar-refractivity contribution >= 4 is 16.6 Å². The number of rotatable bonds is 3. The van der Waals surface area contributed by atoms with Gasteiger partial charge in [-0.1, -0.05) is 30.3 Å². The Labute approximate surface area is 122 Å². The molecule has 0 spiro atoms. The number of nitrogens with zero attached hydrogens (tertiary/aromatic N) is 2. The molecule has 0 aliphatic carbocycles. The molecular weight excluding hydrogens is 264 g/mol. The number of aryl methyl sites for hydroxylation is 1. The molecule has 0 bridgehead atoms. The molecule has 0 aliphatic heterocycles. The van der Waals surface area contributed by atoms with E-state index < -0.39 is 0 Å². The van der Waals surface area contributed by atoms with Gasteiger partial charge in [0.15, 0.2) is 5.78 Å². The average Bonchev–Trinajstić information content (AvgIpc) is 2.51. The molecule has 2 aromatic carbocycles. The van der Waals surface area contributed by atoms with Gasteiger partial charge in [-0.15, -0.1) is 5.10 Å². The molecule has 21 heavy (non-hydrogen) atoms. The topological polar surface area (TPSA) is 52.1 Å². The smallest absolute Gasteiger partial charge is 0.246 e. The highest BCUT2D eigenvalue weighted by Gasteiger charge is 2.09. The van der Waals surface area contributed by atoms with Gasteiger partial charge >= 0.3 is 0 Å². The van der Waals surface area contributed by atoms with Crippen molar-refractivity contribution in [3.05, 3.63) is 59.8 Å². The van der Waals surface area contributed by atoms with Crippen molar-refractivity contribution in [2.75, 3.05) is 0 Å². The fourth-order valence-electron chi connectivity index (χ4n) is 2.18. The number of benzene rings is 2. The number of fused-ring (bicyclic) bond motifs is 1. The lowest BCUT2D eigenvalue weighted by Gasteiger charge is -2.09. The lowest BCUT2D eigenvalue weighted by Crippen LogP contribution is -1.96. The monoisotopic (exact) mass is 278 g/mol. The second kappa shape index (κ2) is 5.32. The van der Waals surface area contributed by atoms with Crippen LogP contribution in [0.4, 0.5) is 0 Å². The van der Waals surface area contributed by atoms with Crippen LogP contribution < -0.4 is 4.74 Å². The average molecular weight is 278 g/mol. The van der Waals surface area contributed by atoms with Crippen molar-refractivity contribution in [2.45, 2.75) is 13.8 Å². The molecule has 0 N–H and O–H groups in total. The quantitative estimate of drug-likeness (QED) is 0.681. The molecule has 4 nitrogen and oxygen atoms in total. The number of hydrogen-bond donors (Lipinski definition) is 0. The van der Waals surface area contributed by atoms with Gasteiger partial charge < -0.3 is 4.74 Å². The second-order valence-electron chi connectivity index (χ2n) is 4.82. The van der Waals surface area contributed by atoms with E-state index in [1.54, 1.807) is 24.3 Å². The minimum absolute atomic E-state index is 0.000276. The Morgan fingerprint density at radius 1 is 1.00 bits per heavy atom. The van der Waals surface area contributed by atoms with Crippen LogP contribution in [0.5, 0.6) is 11.6 Å². The molecule has 4 heteroatoms. The first kappa shape index (κ1) is 13.2. The van der Waals surface area contributed by atoms with Gasteiger partial charge in [0.2, 0.25) is 5.88 Å². The van der Waals surface area contributed by atoms with Gasteiger partial charge in [0.05, 0.1) is 5.69 Å². The van der Waals surface area contributed by atoms with E-state index in [1.807, 2.05) is 31.2 Å². The summed E-state index contributed by atoms with van der Waals surface area (Å²) in [4.78, 5) is 11.4. The van der Waals surface area contributed by atoms with E-state index in [1.165, 1.54) is 6.92 Å². The van der Waals surface area contributed by atoms with Gasteiger partial charge in [-0.3, -0.25) is 4.79 Å². The molecule has 0 aliphatic rings. The van der Waals surface area contributed by atoms with Crippen LogP contribution in [0.25, 0.3) is 10.8 Å². The summed E-state index contributed by atoms with van der Waals surface area (Å²) in [6.07, 6.45) is 0. The zero-order valence-electron chi connectivity index (χ0n) is 11.8. The summed E-state index contributed by atoms with van der Waals surface area (Å²) in [6.45, 7) is 3.44. The predicted octanol–water partition coefficient (Wildman–Crippen LogP) is 3.93. The van der Waals surface area contributed by atoms with Crippen molar-refractivity contribution in [1.29, 1.82) is 0 Å². The molecule has 0 atom stereocenters. The maximum absolute atomic E-state index is 11.4. The molecule has 3 aromatic rings. The fourth-order valence-corrected chi connectivity index (χ4v) is 2.18. The summed E-state index contributed by atoms with van der Waals surface area (Å²) in [6, 6.07) is 14.9. The minimum atomic E-state index is 0.000276. The van der Waals surface area contributed by atoms with Gasteiger partial charge in [0.25, 0.3) is 0 Å². The molecule has 0 radical (unpaired) electrons. The predicted molar refractivity (Wildman–Crippen MR) is 80.8 cm³/mol. The van der Waals surface area contributed by atoms with E-state index in [9.17, 15) is 4.79 Å². The molecule has 1 heterocycles. The first-order valence-electron chi connectivity index (χ1n) is 6.66. The third-order valence-corrected chi connectivity index (χ3v) is 3.29. The number of hydrogen-bond acceptors (Lipinski definition) is 4. The van der Waals surface area contributed by atoms with Gasteiger partial charge in [-0.25, -0.2) is 0 Å². The summed E-state index contributed by atoms with van der Waals surface area (Å²) >= 11 is 0. The first-order chi connectivity index (χ1) is 10.1. The second-order valence-corrected chi connectivity index (χ2v) is 4.82. The summed E-state index contributed by atoms with van der Waals surface area (Å²) in [7, 11) is 0. The Balaban J connectivity index is 2.04. The van der Waals surface area contributed by atoms with Crippen LogP contribution in [0.15, 0.2) is 48.5 Å². The summed E-state index contributed by atoms with van der Waals surface area (Å²) in [5.41, 5.74) is 1.47. The Hall–Kier alpha value is -2.75. The van der Waals surface area contributed by atoms with Crippen LogP contribution in [0.2, 0.25) is 0 Å². The van der Waals surface area contributed by atoms with E-state index in [0.717, 1.165) is 16.5 Å². The number of carbonyl (C=O) groups is 1. The van der Waals surface area contributed by atoms with Crippen LogP contribution in [-0.4, -0.2) is 16.0 Å². The zero-order chi connectivity index (χ0) is 14.8. The van der Waals surface area contributed by atoms with Crippen LogP contribution >= 0.6 is 0 Å². The summed E-state index contributed by atoms with van der Waals surface area (Å²) in [5.74, 6) is 1.02. The third-order valence-electron chi connectivity index (χ3n) is 3.29. The largest absolute Gasteiger partial charge is 0.437 e. The molecule has 0 saturated heterocycles. The van der Waals surface area contributed by atoms with Crippen molar-refractivity contribution < 1.29 is 9.53 Å². The Morgan fingerprint density at radius 2 is 1.76 bits per heavy atom. The van der Waals surface area contributed by atoms with E-state index in [2.05, 4.69) is 10.2 Å². The molecule has 0 unspecified atom stereocenters. The normalized spacial score (nSPS) is 10.6. The molecule has 0 fully saturated rings. The lowest BCUT2D eigenvalue weighted by atomic mass is 10.1. The molecular formula is C17H14N2O2. The molecule has 1 aromatic heterocycles. The Bertz CT molecular complexity index is 828. The van der Waals surface area contributed by atoms with E-state index in [-0.39, 0.29) is 5.78 Å². The fraction of sp³-hybridized carbons (Fsp3) is 0.118. The van der Waals surface area contributed by atoms with Crippen molar-refractivity contribution in [3.63, 3.8) is 0 Å². The van der Waals surface area contributed by atoms with Gasteiger partial charge in [0, 0.05) is 16.3 Å². The standard InChI is InChI=1S/C17H14N2O2/c1-11-15-8-3-4-9-16(15)17(19-18-11)21-14-7-5-6-13(10-14)12(2)20/h3-10H,1-2H3. The minimum Gasteiger partial charge on any atom is -0.437 e. The molecule has 0 saturated carbocycles. The van der Waals surface area contributed by atoms with Crippen LogP contribution in [0, 0.1) is 6.92 Å². The molecule has 104 valence electrons. The van der Waals surface area contributed by atoms with Crippen molar-refractivity contribution in [1.82, 2.24) is 10.2 Å². The van der Waals surface area contributed by atoms with Crippen LogP contribution in [0.3, 0.4) is 0 Å². The number of aromatic nitrogens is 2. The Morgan fingerprint density at radius 3 is 2.52 bits per heavy atom. The number of Topliss-reactive ketones (excluding diaryl/α,β-unsaturated/α-hetero) is 1. The third kappa shape index (κ3) is 2.60. The number of carbonyl (C=O) groups excluding carboxylic acids is 1. The van der Waals surface area contributed by atoms with Crippen LogP contribution in [-0.2, 0) is 0 Å². The maximum Gasteiger partial charge on any atom is 0.246 e. The van der Waals surface area contributed by atoms with Crippen molar-refractivity contribution in [2.24, 2.45) is 0 Å². The maximum atomic E-state index is 11.4. The highest BCUT2D eigenvalue weighted by Crippen LogP contribution is 2.28. The first-order valence-corrected chi connectivity index (χ1v) is 6.66. The molecule has 0 amide bonds. The number of ketones is 1. The van der Waals surface area contributed by atoms with Gasteiger partial charge in [-0.05, 0) is 32.0 Å². The lowest BCUT2D eigenvalue weighted by molar-refractivity contribution is 0.101. The van der Waals surface area contributed by atoms with E-state index in [4.69, 9.17) is 4.74 Å². The van der Waals surface area contributed by atoms with Crippen molar-refractivity contribution in [3.8, 4) is 11.6 Å². The zero-order valence-corrected chi connectivity index (χ0v) is 11.8. The summed E-state index contributed by atoms with van der Waals surface area (Å²) in [5, 5.41) is 10.1. The highest BCUT2D eigenvalue weighted by atomic mass is 16.5. The van der Waals surface area contributed by atoms with Crippen LogP contribution in [0.1, 0.15) is 23.0 Å². The Kier molecular flexibility index (Phi) is 3.36. The number of ether oxygens (including phenoxy) is 1. The van der Waals surface area contributed by atoms with Gasteiger partial charge in [-0.2, -0.15) is 5.10 Å². The van der Waals surface area contributed by atoms with E-state index in [0.29, 0.717) is 17.2 Å². The van der Waals surface area contributed by atoms with Gasteiger partial charge in [0.1, 0.15) is 5.75 Å². The highest BCUT2D eigenvalue weighted by molar-refractivity contribution is 5.94. The SMILES string of the molecule is CC(=O)c1cccc(Oc2nnc(C)c3ccccc23)c1. The summed E-state index contributed by atoms with van der Waals surface area (Å²) < 4.78 is 5.81.